The van der Waals surface area contributed by atoms with Crippen LogP contribution >= 0.6 is 11.8 Å². The van der Waals surface area contributed by atoms with Crippen LogP contribution in [-0.4, -0.2) is 18.5 Å². The fraction of sp³-hybridized carbons (Fsp3) is 0.143. The van der Waals surface area contributed by atoms with Gasteiger partial charge in [0.1, 0.15) is 0 Å². The molecular formula is C21H19NO4S. The molecule has 27 heavy (non-hydrogen) atoms. The van der Waals surface area contributed by atoms with Crippen molar-refractivity contribution in [1.29, 1.82) is 0 Å². The molecule has 2 aromatic carbocycles. The number of esters is 1. The van der Waals surface area contributed by atoms with Gasteiger partial charge in [0.05, 0.1) is 6.26 Å². The van der Waals surface area contributed by atoms with Crippen LogP contribution in [0, 0.1) is 13.8 Å². The van der Waals surface area contributed by atoms with E-state index in [1.54, 1.807) is 17.8 Å². The number of amides is 1. The zero-order chi connectivity index (χ0) is 19.2. The van der Waals surface area contributed by atoms with Crippen LogP contribution in [0.5, 0.6) is 0 Å². The van der Waals surface area contributed by atoms with Gasteiger partial charge in [-0.25, -0.2) is 4.79 Å². The van der Waals surface area contributed by atoms with Gasteiger partial charge in [-0.05, 0) is 67.4 Å². The number of hydrogen-bond donors (Lipinski definition) is 1. The monoisotopic (exact) mass is 381 g/mol. The fourth-order valence-corrected chi connectivity index (χ4v) is 3.34. The van der Waals surface area contributed by atoms with Crippen LogP contribution in [0.25, 0.3) is 0 Å². The maximum Gasteiger partial charge on any atom is 0.374 e. The average molecular weight is 381 g/mol. The summed E-state index contributed by atoms with van der Waals surface area (Å²) in [4.78, 5) is 25.8. The Balaban J connectivity index is 1.53. The highest BCUT2D eigenvalue weighted by Gasteiger charge is 2.12. The molecule has 1 heterocycles. The van der Waals surface area contributed by atoms with Gasteiger partial charge in [0, 0.05) is 15.5 Å². The van der Waals surface area contributed by atoms with Crippen LogP contribution in [0.1, 0.15) is 21.7 Å². The summed E-state index contributed by atoms with van der Waals surface area (Å²) in [5.74, 6) is -1.02. The summed E-state index contributed by atoms with van der Waals surface area (Å²) >= 11 is 1.68. The summed E-state index contributed by atoms with van der Waals surface area (Å²) in [6.07, 6.45) is 1.37. The number of rotatable bonds is 6. The molecule has 0 aliphatic carbocycles. The van der Waals surface area contributed by atoms with E-state index in [9.17, 15) is 9.59 Å². The van der Waals surface area contributed by atoms with Gasteiger partial charge in [0.2, 0.25) is 5.76 Å². The first-order valence-electron chi connectivity index (χ1n) is 8.37. The van der Waals surface area contributed by atoms with Crippen molar-refractivity contribution in [2.75, 3.05) is 11.9 Å². The molecule has 0 saturated carbocycles. The number of ether oxygens (including phenoxy) is 1. The molecule has 3 rings (SSSR count). The summed E-state index contributed by atoms with van der Waals surface area (Å²) in [6, 6.07) is 16.9. The van der Waals surface area contributed by atoms with E-state index in [-0.39, 0.29) is 12.4 Å². The number of aryl methyl sites for hydroxylation is 2. The third-order valence-electron chi connectivity index (χ3n) is 3.77. The Bertz CT molecular complexity index is 933. The van der Waals surface area contributed by atoms with Crippen LogP contribution in [0.4, 0.5) is 5.69 Å². The molecule has 1 N–H and O–H groups in total. The van der Waals surface area contributed by atoms with Gasteiger partial charge in [-0.2, -0.15) is 0 Å². The molecular weight excluding hydrogens is 362 g/mol. The molecule has 0 bridgehead atoms. The zero-order valence-corrected chi connectivity index (χ0v) is 15.8. The Morgan fingerprint density at radius 1 is 1.07 bits per heavy atom. The van der Waals surface area contributed by atoms with Gasteiger partial charge < -0.3 is 14.5 Å². The molecule has 3 aromatic rings. The lowest BCUT2D eigenvalue weighted by atomic mass is 10.2. The average Bonchev–Trinajstić information content (AvgIpc) is 3.19. The van der Waals surface area contributed by atoms with E-state index in [2.05, 4.69) is 37.4 Å². The molecule has 0 radical (unpaired) electrons. The highest BCUT2D eigenvalue weighted by molar-refractivity contribution is 7.99. The Morgan fingerprint density at radius 3 is 2.56 bits per heavy atom. The normalized spacial score (nSPS) is 10.4. The summed E-state index contributed by atoms with van der Waals surface area (Å²) in [5.41, 5.74) is 3.08. The van der Waals surface area contributed by atoms with E-state index in [4.69, 9.17) is 9.15 Å². The molecule has 0 aliphatic rings. The Morgan fingerprint density at radius 2 is 1.85 bits per heavy atom. The van der Waals surface area contributed by atoms with Crippen molar-refractivity contribution in [2.45, 2.75) is 23.6 Å². The number of carbonyl (C=O) groups is 2. The van der Waals surface area contributed by atoms with Crippen LogP contribution in [0.3, 0.4) is 0 Å². The van der Waals surface area contributed by atoms with Crippen molar-refractivity contribution in [1.82, 2.24) is 0 Å². The Hall–Kier alpha value is -2.99. The van der Waals surface area contributed by atoms with Crippen molar-refractivity contribution >= 4 is 29.3 Å². The minimum absolute atomic E-state index is 0.0654. The van der Waals surface area contributed by atoms with E-state index in [1.165, 1.54) is 28.4 Å². The van der Waals surface area contributed by atoms with Crippen molar-refractivity contribution in [3.8, 4) is 0 Å². The second kappa shape index (κ2) is 8.60. The first-order valence-corrected chi connectivity index (χ1v) is 9.18. The topological polar surface area (TPSA) is 68.5 Å². The van der Waals surface area contributed by atoms with Gasteiger partial charge in [0.25, 0.3) is 5.91 Å². The number of benzene rings is 2. The highest BCUT2D eigenvalue weighted by atomic mass is 32.2. The summed E-state index contributed by atoms with van der Waals surface area (Å²) < 4.78 is 9.81. The first kappa shape index (κ1) is 18.8. The second-order valence-corrected chi connectivity index (χ2v) is 7.11. The molecule has 0 aliphatic heterocycles. The molecule has 6 heteroatoms. The molecule has 0 atom stereocenters. The van der Waals surface area contributed by atoms with Crippen LogP contribution in [0.2, 0.25) is 0 Å². The molecule has 5 nitrogen and oxygen atoms in total. The maximum absolute atomic E-state index is 11.9. The largest absolute Gasteiger partial charge is 0.457 e. The van der Waals surface area contributed by atoms with E-state index < -0.39 is 11.9 Å². The smallest absolute Gasteiger partial charge is 0.374 e. The Kier molecular flexibility index (Phi) is 5.98. The molecule has 0 fully saturated rings. The lowest BCUT2D eigenvalue weighted by Gasteiger charge is -2.09. The van der Waals surface area contributed by atoms with E-state index in [0.717, 1.165) is 4.90 Å². The minimum atomic E-state index is -0.671. The highest BCUT2D eigenvalue weighted by Crippen LogP contribution is 2.31. The van der Waals surface area contributed by atoms with Crippen LogP contribution in [0.15, 0.2) is 75.1 Å². The SMILES string of the molecule is Cc1ccc(C)c(Sc2ccc(NC(=O)COC(=O)c3ccco3)cc2)c1. The number of nitrogens with one attached hydrogen (secondary N) is 1. The molecule has 1 amide bonds. The van der Waals surface area contributed by atoms with Gasteiger partial charge in [-0.15, -0.1) is 0 Å². The zero-order valence-electron chi connectivity index (χ0n) is 15.0. The maximum atomic E-state index is 11.9. The quantitative estimate of drug-likeness (QED) is 0.619. The third kappa shape index (κ3) is 5.24. The fourth-order valence-electron chi connectivity index (χ4n) is 2.34. The minimum Gasteiger partial charge on any atom is -0.457 e. The van der Waals surface area contributed by atoms with E-state index >= 15 is 0 Å². The van der Waals surface area contributed by atoms with E-state index in [0.29, 0.717) is 5.69 Å². The Labute approximate surface area is 161 Å². The van der Waals surface area contributed by atoms with Crippen LogP contribution < -0.4 is 5.32 Å². The number of carbonyl (C=O) groups excluding carboxylic acids is 2. The third-order valence-corrected chi connectivity index (χ3v) is 4.93. The van der Waals surface area contributed by atoms with Gasteiger partial charge in [0.15, 0.2) is 6.61 Å². The number of anilines is 1. The number of furan rings is 1. The molecule has 1 aromatic heterocycles. The van der Waals surface area contributed by atoms with Gasteiger partial charge >= 0.3 is 5.97 Å². The van der Waals surface area contributed by atoms with Crippen LogP contribution in [-0.2, 0) is 9.53 Å². The molecule has 138 valence electrons. The molecule has 0 unspecified atom stereocenters. The summed E-state index contributed by atoms with van der Waals surface area (Å²) in [6.45, 7) is 3.78. The van der Waals surface area contributed by atoms with Crippen molar-refractivity contribution in [2.24, 2.45) is 0 Å². The van der Waals surface area contributed by atoms with E-state index in [1.807, 2.05) is 24.3 Å². The molecule has 0 spiro atoms. The summed E-state index contributed by atoms with van der Waals surface area (Å²) in [7, 11) is 0. The van der Waals surface area contributed by atoms with Gasteiger partial charge in [-0.1, -0.05) is 23.9 Å². The molecule has 0 saturated heterocycles. The predicted octanol–water partition coefficient (Wildman–Crippen LogP) is 4.84. The van der Waals surface area contributed by atoms with Crippen molar-refractivity contribution in [3.63, 3.8) is 0 Å². The van der Waals surface area contributed by atoms with Crippen molar-refractivity contribution in [3.05, 3.63) is 77.7 Å². The lowest BCUT2D eigenvalue weighted by Crippen LogP contribution is -2.20. The van der Waals surface area contributed by atoms with Crippen molar-refractivity contribution < 1.29 is 18.7 Å². The van der Waals surface area contributed by atoms with Gasteiger partial charge in [-0.3, -0.25) is 4.79 Å². The lowest BCUT2D eigenvalue weighted by molar-refractivity contribution is -0.119. The summed E-state index contributed by atoms with van der Waals surface area (Å²) in [5, 5.41) is 2.70. The second-order valence-electron chi connectivity index (χ2n) is 6.00. The predicted molar refractivity (Wildman–Crippen MR) is 104 cm³/mol. The number of hydrogen-bond acceptors (Lipinski definition) is 5. The standard InChI is InChI=1S/C21H19NO4S/c1-14-5-6-15(2)19(12-14)27-17-9-7-16(8-10-17)22-20(23)13-26-21(24)18-4-3-11-25-18/h3-12H,13H2,1-2H3,(H,22,23). The first-order chi connectivity index (χ1) is 13.0.